The molecule has 0 N–H and O–H groups in total. The number of alkyl halides is 1. The van der Waals surface area contributed by atoms with Crippen molar-refractivity contribution in [1.82, 2.24) is 9.38 Å². The summed E-state index contributed by atoms with van der Waals surface area (Å²) in [4.78, 5) is 6.97. The van der Waals surface area contributed by atoms with Crippen molar-refractivity contribution < 1.29 is 9.13 Å². The third-order valence-electron chi connectivity index (χ3n) is 4.60. The third kappa shape index (κ3) is 2.82. The van der Waals surface area contributed by atoms with E-state index in [2.05, 4.69) is 17.0 Å². The Morgan fingerprint density at radius 2 is 2.00 bits per heavy atom. The standard InChI is InChI=1S/C19H20FN3O/c1-24-17-4-2-3-14(11-17)18-13-23-10-7-16(12-19(23)21-18)22-8-5-15(20)6-9-22/h2-4,7,10-13,15H,5-6,8-9H2,1H3. The van der Waals surface area contributed by atoms with Crippen LogP contribution in [0.25, 0.3) is 16.9 Å². The first-order valence-electron chi connectivity index (χ1n) is 8.25. The number of piperidine rings is 1. The zero-order chi connectivity index (χ0) is 16.5. The fourth-order valence-electron chi connectivity index (χ4n) is 3.20. The summed E-state index contributed by atoms with van der Waals surface area (Å²) in [6.45, 7) is 1.53. The molecule has 1 aromatic carbocycles. The molecular weight excluding hydrogens is 305 g/mol. The van der Waals surface area contributed by atoms with Crippen molar-refractivity contribution in [2.75, 3.05) is 25.1 Å². The van der Waals surface area contributed by atoms with Gasteiger partial charge in [-0.15, -0.1) is 0 Å². The van der Waals surface area contributed by atoms with Crippen molar-refractivity contribution in [3.8, 4) is 17.0 Å². The molecule has 4 rings (SSSR count). The van der Waals surface area contributed by atoms with Crippen molar-refractivity contribution >= 4 is 11.3 Å². The van der Waals surface area contributed by atoms with Gasteiger partial charge in [0.05, 0.1) is 12.8 Å². The van der Waals surface area contributed by atoms with E-state index in [-0.39, 0.29) is 0 Å². The van der Waals surface area contributed by atoms with Crippen LogP contribution in [0.4, 0.5) is 10.1 Å². The topological polar surface area (TPSA) is 29.8 Å². The monoisotopic (exact) mass is 325 g/mol. The fraction of sp³-hybridized carbons (Fsp3) is 0.316. The second-order valence-corrected chi connectivity index (χ2v) is 6.17. The Hall–Kier alpha value is -2.56. The zero-order valence-electron chi connectivity index (χ0n) is 13.7. The van der Waals surface area contributed by atoms with Crippen LogP contribution in [0.2, 0.25) is 0 Å². The van der Waals surface area contributed by atoms with E-state index in [4.69, 9.17) is 9.72 Å². The number of hydrogen-bond donors (Lipinski definition) is 0. The molecule has 0 atom stereocenters. The van der Waals surface area contributed by atoms with Crippen LogP contribution < -0.4 is 9.64 Å². The van der Waals surface area contributed by atoms with E-state index in [1.807, 2.05) is 41.1 Å². The summed E-state index contributed by atoms with van der Waals surface area (Å²) in [6, 6.07) is 12.0. The largest absolute Gasteiger partial charge is 0.497 e. The first-order valence-corrected chi connectivity index (χ1v) is 8.25. The molecule has 0 bridgehead atoms. The van der Waals surface area contributed by atoms with Gasteiger partial charge in [0.15, 0.2) is 0 Å². The SMILES string of the molecule is COc1cccc(-c2cn3ccc(N4CCC(F)CC4)cc3n2)c1. The first-order chi connectivity index (χ1) is 11.7. The summed E-state index contributed by atoms with van der Waals surface area (Å²) in [7, 11) is 1.66. The summed E-state index contributed by atoms with van der Waals surface area (Å²) in [5, 5.41) is 0. The minimum Gasteiger partial charge on any atom is -0.497 e. The highest BCUT2D eigenvalue weighted by Gasteiger charge is 2.19. The number of pyridine rings is 1. The van der Waals surface area contributed by atoms with Gasteiger partial charge in [0.1, 0.15) is 17.6 Å². The number of anilines is 1. The van der Waals surface area contributed by atoms with E-state index >= 15 is 0 Å². The quantitative estimate of drug-likeness (QED) is 0.730. The Bertz CT molecular complexity index is 853. The second-order valence-electron chi connectivity index (χ2n) is 6.17. The number of nitrogens with zero attached hydrogens (tertiary/aromatic N) is 3. The van der Waals surface area contributed by atoms with Crippen LogP contribution in [0.15, 0.2) is 48.8 Å². The van der Waals surface area contributed by atoms with Gasteiger partial charge in [-0.3, -0.25) is 0 Å². The smallest absolute Gasteiger partial charge is 0.139 e. The number of aromatic nitrogens is 2. The van der Waals surface area contributed by atoms with E-state index in [0.29, 0.717) is 12.8 Å². The molecule has 4 nitrogen and oxygen atoms in total. The minimum absolute atomic E-state index is 0.606. The summed E-state index contributed by atoms with van der Waals surface area (Å²) in [6.07, 6.45) is 4.59. The number of hydrogen-bond acceptors (Lipinski definition) is 3. The molecule has 0 aliphatic carbocycles. The predicted molar refractivity (Wildman–Crippen MR) is 93.5 cm³/mol. The number of imidazole rings is 1. The Labute approximate surface area is 140 Å². The number of ether oxygens (including phenoxy) is 1. The zero-order valence-corrected chi connectivity index (χ0v) is 13.7. The van der Waals surface area contributed by atoms with Crippen LogP contribution in [-0.2, 0) is 0 Å². The molecule has 24 heavy (non-hydrogen) atoms. The minimum atomic E-state index is -0.656. The number of benzene rings is 1. The van der Waals surface area contributed by atoms with Crippen LogP contribution in [-0.4, -0.2) is 35.8 Å². The average molecular weight is 325 g/mol. The van der Waals surface area contributed by atoms with Gasteiger partial charge in [0.25, 0.3) is 0 Å². The van der Waals surface area contributed by atoms with Crippen molar-refractivity contribution in [1.29, 1.82) is 0 Å². The molecule has 0 saturated carbocycles. The lowest BCUT2D eigenvalue weighted by atomic mass is 10.1. The van der Waals surface area contributed by atoms with Crippen molar-refractivity contribution in [3.05, 3.63) is 48.8 Å². The lowest BCUT2D eigenvalue weighted by Gasteiger charge is -2.30. The van der Waals surface area contributed by atoms with Gasteiger partial charge >= 0.3 is 0 Å². The molecule has 1 aliphatic heterocycles. The summed E-state index contributed by atoms with van der Waals surface area (Å²) >= 11 is 0. The van der Waals surface area contributed by atoms with E-state index in [9.17, 15) is 4.39 Å². The molecule has 1 fully saturated rings. The number of rotatable bonds is 3. The maximum absolute atomic E-state index is 13.3. The first kappa shape index (κ1) is 15.0. The molecule has 5 heteroatoms. The van der Waals surface area contributed by atoms with Crippen LogP contribution in [0.1, 0.15) is 12.8 Å². The molecule has 0 radical (unpaired) electrons. The van der Waals surface area contributed by atoms with Crippen molar-refractivity contribution in [2.45, 2.75) is 19.0 Å². The second kappa shape index (κ2) is 6.15. The van der Waals surface area contributed by atoms with E-state index < -0.39 is 6.17 Å². The van der Waals surface area contributed by atoms with Gasteiger partial charge in [0, 0.05) is 42.8 Å². The molecule has 124 valence electrons. The van der Waals surface area contributed by atoms with Gasteiger partial charge < -0.3 is 14.0 Å². The Morgan fingerprint density at radius 1 is 1.17 bits per heavy atom. The maximum Gasteiger partial charge on any atom is 0.139 e. The highest BCUT2D eigenvalue weighted by molar-refractivity contribution is 5.66. The molecule has 3 aromatic rings. The molecule has 3 heterocycles. The molecule has 1 saturated heterocycles. The van der Waals surface area contributed by atoms with Crippen molar-refractivity contribution in [2.24, 2.45) is 0 Å². The molecule has 0 spiro atoms. The van der Waals surface area contributed by atoms with Gasteiger partial charge in [-0.1, -0.05) is 12.1 Å². The Balaban J connectivity index is 1.66. The molecular formula is C19H20FN3O. The van der Waals surface area contributed by atoms with Crippen LogP contribution in [0.5, 0.6) is 5.75 Å². The van der Waals surface area contributed by atoms with Gasteiger partial charge in [-0.2, -0.15) is 0 Å². The fourth-order valence-corrected chi connectivity index (χ4v) is 3.20. The van der Waals surface area contributed by atoms with Gasteiger partial charge in [-0.05, 0) is 31.0 Å². The number of methoxy groups -OCH3 is 1. The Morgan fingerprint density at radius 3 is 2.79 bits per heavy atom. The third-order valence-corrected chi connectivity index (χ3v) is 4.60. The summed E-state index contributed by atoms with van der Waals surface area (Å²) in [5.41, 5.74) is 3.94. The lowest BCUT2D eigenvalue weighted by Crippen LogP contribution is -2.34. The molecule has 0 amide bonds. The number of halogens is 1. The summed E-state index contributed by atoms with van der Waals surface area (Å²) in [5.74, 6) is 0.819. The van der Waals surface area contributed by atoms with Crippen molar-refractivity contribution in [3.63, 3.8) is 0 Å². The van der Waals surface area contributed by atoms with Crippen LogP contribution >= 0.6 is 0 Å². The Kier molecular flexibility index (Phi) is 3.84. The van der Waals surface area contributed by atoms with Gasteiger partial charge in [0.2, 0.25) is 0 Å². The van der Waals surface area contributed by atoms with Crippen LogP contribution in [0.3, 0.4) is 0 Å². The lowest BCUT2D eigenvalue weighted by molar-refractivity contribution is 0.277. The average Bonchev–Trinajstić information content (AvgIpc) is 3.05. The van der Waals surface area contributed by atoms with E-state index in [1.54, 1.807) is 7.11 Å². The molecule has 2 aromatic heterocycles. The molecule has 0 unspecified atom stereocenters. The van der Waals surface area contributed by atoms with Crippen LogP contribution in [0, 0.1) is 0 Å². The molecule has 1 aliphatic rings. The summed E-state index contributed by atoms with van der Waals surface area (Å²) < 4.78 is 20.6. The van der Waals surface area contributed by atoms with E-state index in [1.165, 1.54) is 0 Å². The normalized spacial score (nSPS) is 15.8. The van der Waals surface area contributed by atoms with E-state index in [0.717, 1.165) is 41.4 Å². The predicted octanol–water partition coefficient (Wildman–Crippen LogP) is 3.95. The highest BCUT2D eigenvalue weighted by atomic mass is 19.1. The number of fused-ring (bicyclic) bond motifs is 1. The highest BCUT2D eigenvalue weighted by Crippen LogP contribution is 2.26. The van der Waals surface area contributed by atoms with Gasteiger partial charge in [-0.25, -0.2) is 9.37 Å². The maximum atomic E-state index is 13.3.